The van der Waals surface area contributed by atoms with E-state index in [4.69, 9.17) is 0 Å². The Balaban J connectivity index is 1.52. The van der Waals surface area contributed by atoms with E-state index >= 15 is 0 Å². The standard InChI is InChI=1S/C19H39N5/c1-4-24-13-7-8-18(24)16-22-19(20-3)21-11-5-6-12-23-14-9-17(2)10-15-23/h17-18H,4-16H2,1-3H3,(H2,20,21,22). The highest BCUT2D eigenvalue weighted by Crippen LogP contribution is 2.16. The van der Waals surface area contributed by atoms with Crippen LogP contribution in [0, 0.1) is 5.92 Å². The molecule has 0 radical (unpaired) electrons. The maximum Gasteiger partial charge on any atom is 0.191 e. The van der Waals surface area contributed by atoms with E-state index in [9.17, 15) is 0 Å². The van der Waals surface area contributed by atoms with Gasteiger partial charge in [0.1, 0.15) is 0 Å². The van der Waals surface area contributed by atoms with Gasteiger partial charge in [0.2, 0.25) is 0 Å². The first-order chi connectivity index (χ1) is 11.7. The summed E-state index contributed by atoms with van der Waals surface area (Å²) in [5.41, 5.74) is 0. The molecule has 2 N–H and O–H groups in total. The second-order valence-electron chi connectivity index (χ2n) is 7.54. The molecule has 5 nitrogen and oxygen atoms in total. The van der Waals surface area contributed by atoms with E-state index in [0.717, 1.165) is 31.5 Å². The lowest BCUT2D eigenvalue weighted by Gasteiger charge is -2.30. The summed E-state index contributed by atoms with van der Waals surface area (Å²) in [4.78, 5) is 9.56. The number of hydrogen-bond donors (Lipinski definition) is 2. The van der Waals surface area contributed by atoms with Crippen molar-refractivity contribution in [3.05, 3.63) is 0 Å². The first kappa shape index (κ1) is 19.5. The number of aliphatic imine (C=N–C) groups is 1. The van der Waals surface area contributed by atoms with E-state index in [-0.39, 0.29) is 0 Å². The van der Waals surface area contributed by atoms with E-state index in [1.807, 2.05) is 7.05 Å². The van der Waals surface area contributed by atoms with Crippen molar-refractivity contribution < 1.29 is 0 Å². The fourth-order valence-electron chi connectivity index (χ4n) is 3.93. The topological polar surface area (TPSA) is 42.9 Å². The molecule has 2 heterocycles. The molecule has 2 aliphatic heterocycles. The molecule has 24 heavy (non-hydrogen) atoms. The SMILES string of the molecule is CCN1CCCC1CNC(=NC)NCCCCN1CCC(C)CC1. The van der Waals surface area contributed by atoms with Crippen LogP contribution < -0.4 is 10.6 Å². The van der Waals surface area contributed by atoms with Gasteiger partial charge in [-0.2, -0.15) is 0 Å². The van der Waals surface area contributed by atoms with E-state index < -0.39 is 0 Å². The van der Waals surface area contributed by atoms with Crippen LogP contribution in [0.25, 0.3) is 0 Å². The maximum absolute atomic E-state index is 4.36. The van der Waals surface area contributed by atoms with Gasteiger partial charge in [-0.3, -0.25) is 9.89 Å². The lowest BCUT2D eigenvalue weighted by atomic mass is 9.99. The summed E-state index contributed by atoms with van der Waals surface area (Å²) in [6, 6.07) is 0.676. The van der Waals surface area contributed by atoms with Crippen LogP contribution in [0.3, 0.4) is 0 Å². The molecule has 0 spiro atoms. The summed E-state index contributed by atoms with van der Waals surface area (Å²) in [6.07, 6.45) is 7.91. The third-order valence-corrected chi connectivity index (χ3v) is 5.70. The van der Waals surface area contributed by atoms with Gasteiger partial charge in [-0.15, -0.1) is 0 Å². The predicted molar refractivity (Wildman–Crippen MR) is 104 cm³/mol. The predicted octanol–water partition coefficient (Wildman–Crippen LogP) is 2.15. The average molecular weight is 338 g/mol. The zero-order valence-corrected chi connectivity index (χ0v) is 16.2. The van der Waals surface area contributed by atoms with Gasteiger partial charge < -0.3 is 15.5 Å². The van der Waals surface area contributed by atoms with Crippen LogP contribution in [-0.4, -0.2) is 74.7 Å². The van der Waals surface area contributed by atoms with Gasteiger partial charge in [0.25, 0.3) is 0 Å². The molecule has 2 fully saturated rings. The molecule has 0 aromatic heterocycles. The molecule has 2 saturated heterocycles. The number of nitrogens with zero attached hydrogens (tertiary/aromatic N) is 3. The number of rotatable bonds is 8. The third-order valence-electron chi connectivity index (χ3n) is 5.70. The number of guanidine groups is 1. The Morgan fingerprint density at radius 2 is 1.88 bits per heavy atom. The molecule has 0 bridgehead atoms. The van der Waals surface area contributed by atoms with Crippen molar-refractivity contribution in [3.63, 3.8) is 0 Å². The number of piperidine rings is 1. The van der Waals surface area contributed by atoms with Crippen LogP contribution in [0.15, 0.2) is 4.99 Å². The van der Waals surface area contributed by atoms with Crippen molar-refractivity contribution in [1.29, 1.82) is 0 Å². The molecule has 1 unspecified atom stereocenters. The molecule has 2 aliphatic rings. The number of likely N-dealkylation sites (tertiary alicyclic amines) is 2. The van der Waals surface area contributed by atoms with Crippen molar-refractivity contribution in [2.75, 3.05) is 52.9 Å². The average Bonchev–Trinajstić information content (AvgIpc) is 3.06. The van der Waals surface area contributed by atoms with E-state index in [1.165, 1.54) is 64.7 Å². The highest BCUT2D eigenvalue weighted by atomic mass is 15.2. The van der Waals surface area contributed by atoms with Gasteiger partial charge in [0, 0.05) is 26.2 Å². The van der Waals surface area contributed by atoms with E-state index in [1.54, 1.807) is 0 Å². The van der Waals surface area contributed by atoms with Gasteiger partial charge in [0.15, 0.2) is 5.96 Å². The zero-order chi connectivity index (χ0) is 17.2. The fraction of sp³-hybridized carbons (Fsp3) is 0.947. The molecule has 140 valence electrons. The third kappa shape index (κ3) is 6.60. The highest BCUT2D eigenvalue weighted by molar-refractivity contribution is 5.79. The lowest BCUT2D eigenvalue weighted by molar-refractivity contribution is 0.189. The normalized spacial score (nSPS) is 24.5. The number of likely N-dealkylation sites (N-methyl/N-ethyl adjacent to an activating group) is 1. The molecule has 1 atom stereocenters. The first-order valence-corrected chi connectivity index (χ1v) is 10.1. The Morgan fingerprint density at radius 3 is 2.58 bits per heavy atom. The Bertz CT molecular complexity index is 363. The summed E-state index contributed by atoms with van der Waals surface area (Å²) in [7, 11) is 1.87. The fourth-order valence-corrected chi connectivity index (χ4v) is 3.93. The first-order valence-electron chi connectivity index (χ1n) is 10.1. The molecule has 0 aromatic carbocycles. The van der Waals surface area contributed by atoms with Crippen molar-refractivity contribution in [2.45, 2.75) is 58.4 Å². The van der Waals surface area contributed by atoms with Crippen LogP contribution in [0.5, 0.6) is 0 Å². The Morgan fingerprint density at radius 1 is 1.08 bits per heavy atom. The van der Waals surface area contributed by atoms with Crippen molar-refractivity contribution >= 4 is 5.96 Å². The van der Waals surface area contributed by atoms with Crippen molar-refractivity contribution in [3.8, 4) is 0 Å². The van der Waals surface area contributed by atoms with Gasteiger partial charge in [0.05, 0.1) is 0 Å². The van der Waals surface area contributed by atoms with Crippen LogP contribution in [0.4, 0.5) is 0 Å². The maximum atomic E-state index is 4.36. The van der Waals surface area contributed by atoms with E-state index in [2.05, 4.69) is 39.3 Å². The van der Waals surface area contributed by atoms with Crippen molar-refractivity contribution in [1.82, 2.24) is 20.4 Å². The molecule has 0 amide bonds. The van der Waals surface area contributed by atoms with Crippen molar-refractivity contribution in [2.24, 2.45) is 10.9 Å². The van der Waals surface area contributed by atoms with E-state index in [0.29, 0.717) is 6.04 Å². The molecular weight excluding hydrogens is 298 g/mol. The number of nitrogens with one attached hydrogen (secondary N) is 2. The zero-order valence-electron chi connectivity index (χ0n) is 16.2. The summed E-state index contributed by atoms with van der Waals surface area (Å²) in [6.45, 7) is 12.9. The lowest BCUT2D eigenvalue weighted by Crippen LogP contribution is -2.45. The number of hydrogen-bond acceptors (Lipinski definition) is 3. The summed E-state index contributed by atoms with van der Waals surface area (Å²) in [5.74, 6) is 1.89. The minimum Gasteiger partial charge on any atom is -0.356 e. The summed E-state index contributed by atoms with van der Waals surface area (Å²) in [5, 5.41) is 6.98. The van der Waals surface area contributed by atoms with Gasteiger partial charge in [-0.05, 0) is 77.2 Å². The minimum atomic E-state index is 0.676. The Kier molecular flexibility index (Phi) is 8.89. The summed E-state index contributed by atoms with van der Waals surface area (Å²) < 4.78 is 0. The van der Waals surface area contributed by atoms with Gasteiger partial charge in [-0.25, -0.2) is 0 Å². The smallest absolute Gasteiger partial charge is 0.191 e. The molecule has 0 saturated carbocycles. The molecule has 5 heteroatoms. The Hall–Kier alpha value is -0.810. The summed E-state index contributed by atoms with van der Waals surface area (Å²) >= 11 is 0. The monoisotopic (exact) mass is 337 g/mol. The Labute approximate surface area is 149 Å². The van der Waals surface area contributed by atoms with Gasteiger partial charge >= 0.3 is 0 Å². The van der Waals surface area contributed by atoms with Crippen LogP contribution >= 0.6 is 0 Å². The van der Waals surface area contributed by atoms with Crippen LogP contribution in [0.2, 0.25) is 0 Å². The van der Waals surface area contributed by atoms with Crippen LogP contribution in [0.1, 0.15) is 52.4 Å². The van der Waals surface area contributed by atoms with Crippen LogP contribution in [-0.2, 0) is 0 Å². The molecule has 0 aromatic rings. The second-order valence-corrected chi connectivity index (χ2v) is 7.54. The quantitative estimate of drug-likeness (QED) is 0.405. The second kappa shape index (κ2) is 10.9. The van der Waals surface area contributed by atoms with Gasteiger partial charge in [-0.1, -0.05) is 13.8 Å². The molecule has 0 aliphatic carbocycles. The molecule has 2 rings (SSSR count). The number of unbranched alkanes of at least 4 members (excludes halogenated alkanes) is 1. The largest absolute Gasteiger partial charge is 0.356 e. The highest BCUT2D eigenvalue weighted by Gasteiger charge is 2.22. The minimum absolute atomic E-state index is 0.676. The molecular formula is C19H39N5.